The second-order valence-electron chi connectivity index (χ2n) is 3.97. The Morgan fingerprint density at radius 2 is 2.39 bits per heavy atom. The fourth-order valence-corrected chi connectivity index (χ4v) is 1.78. The normalized spacial score (nSPS) is 10.6. The third kappa shape index (κ3) is 2.22. The Morgan fingerprint density at radius 1 is 1.61 bits per heavy atom. The molecule has 18 heavy (non-hydrogen) atoms. The van der Waals surface area contributed by atoms with Crippen LogP contribution in [-0.2, 0) is 13.6 Å². The number of furan rings is 1. The zero-order chi connectivity index (χ0) is 13.1. The van der Waals surface area contributed by atoms with Gasteiger partial charge in [-0.15, -0.1) is 0 Å². The van der Waals surface area contributed by atoms with E-state index >= 15 is 0 Å². The minimum Gasteiger partial charge on any atom is -0.467 e. The van der Waals surface area contributed by atoms with Crippen LogP contribution in [0, 0.1) is 0 Å². The highest BCUT2D eigenvalue weighted by Gasteiger charge is 2.21. The SMILES string of the molecule is CCN(Cc1ccco1)C(=O)c1c(N)cnn1C. The van der Waals surface area contributed by atoms with E-state index in [0.717, 1.165) is 5.76 Å². The standard InChI is InChI=1S/C12H16N4O2/c1-3-16(8-9-5-4-6-18-9)12(17)11-10(13)7-14-15(11)2/h4-7H,3,8,13H2,1-2H3. The molecule has 2 heterocycles. The van der Waals surface area contributed by atoms with Crippen LogP contribution < -0.4 is 5.73 Å². The van der Waals surface area contributed by atoms with Crippen LogP contribution in [0.25, 0.3) is 0 Å². The Hall–Kier alpha value is -2.24. The van der Waals surface area contributed by atoms with Crippen LogP contribution in [0.1, 0.15) is 23.2 Å². The monoisotopic (exact) mass is 248 g/mol. The number of carbonyl (C=O) groups excluding carboxylic acids is 1. The van der Waals surface area contributed by atoms with Crippen molar-refractivity contribution in [2.24, 2.45) is 7.05 Å². The second kappa shape index (κ2) is 4.95. The van der Waals surface area contributed by atoms with Gasteiger partial charge in [-0.1, -0.05) is 0 Å². The van der Waals surface area contributed by atoms with E-state index in [1.807, 2.05) is 13.0 Å². The van der Waals surface area contributed by atoms with Crippen molar-refractivity contribution in [2.75, 3.05) is 12.3 Å². The molecule has 0 aliphatic rings. The van der Waals surface area contributed by atoms with E-state index in [2.05, 4.69) is 5.10 Å². The minimum atomic E-state index is -0.147. The fourth-order valence-electron chi connectivity index (χ4n) is 1.78. The van der Waals surface area contributed by atoms with Gasteiger partial charge in [-0.3, -0.25) is 9.48 Å². The summed E-state index contributed by atoms with van der Waals surface area (Å²) in [4.78, 5) is 14.0. The van der Waals surface area contributed by atoms with Crippen LogP contribution >= 0.6 is 0 Å². The maximum atomic E-state index is 12.3. The molecule has 0 radical (unpaired) electrons. The van der Waals surface area contributed by atoms with Crippen LogP contribution in [0.2, 0.25) is 0 Å². The number of hydrogen-bond acceptors (Lipinski definition) is 4. The fraction of sp³-hybridized carbons (Fsp3) is 0.333. The zero-order valence-corrected chi connectivity index (χ0v) is 10.5. The maximum absolute atomic E-state index is 12.3. The first-order valence-corrected chi connectivity index (χ1v) is 5.72. The molecule has 2 N–H and O–H groups in total. The highest BCUT2D eigenvalue weighted by atomic mass is 16.3. The predicted octanol–water partition coefficient (Wildman–Crippen LogP) is 1.26. The Balaban J connectivity index is 2.20. The molecule has 0 saturated heterocycles. The Labute approximate surface area is 105 Å². The molecular weight excluding hydrogens is 232 g/mol. The number of nitrogens with zero attached hydrogens (tertiary/aromatic N) is 3. The predicted molar refractivity (Wildman–Crippen MR) is 66.7 cm³/mol. The summed E-state index contributed by atoms with van der Waals surface area (Å²) in [5, 5.41) is 3.97. The molecule has 0 spiro atoms. The number of nitrogen functional groups attached to an aromatic ring is 1. The highest BCUT2D eigenvalue weighted by molar-refractivity contribution is 5.97. The van der Waals surface area contributed by atoms with E-state index in [0.29, 0.717) is 24.5 Å². The van der Waals surface area contributed by atoms with E-state index in [1.54, 1.807) is 24.3 Å². The van der Waals surface area contributed by atoms with E-state index < -0.39 is 0 Å². The summed E-state index contributed by atoms with van der Waals surface area (Å²) >= 11 is 0. The number of amides is 1. The molecule has 6 nitrogen and oxygen atoms in total. The molecule has 0 unspecified atom stereocenters. The van der Waals surface area contributed by atoms with Crippen molar-refractivity contribution < 1.29 is 9.21 Å². The van der Waals surface area contributed by atoms with Gasteiger partial charge in [0, 0.05) is 13.6 Å². The van der Waals surface area contributed by atoms with Crippen molar-refractivity contribution in [3.63, 3.8) is 0 Å². The van der Waals surface area contributed by atoms with Gasteiger partial charge in [-0.2, -0.15) is 5.10 Å². The summed E-state index contributed by atoms with van der Waals surface area (Å²) in [6, 6.07) is 3.63. The molecule has 0 bridgehead atoms. The number of carbonyl (C=O) groups is 1. The van der Waals surface area contributed by atoms with Gasteiger partial charge in [0.1, 0.15) is 11.5 Å². The van der Waals surface area contributed by atoms with Gasteiger partial charge >= 0.3 is 0 Å². The van der Waals surface area contributed by atoms with Gasteiger partial charge in [-0.05, 0) is 19.1 Å². The molecule has 0 aliphatic carbocycles. The third-order valence-corrected chi connectivity index (χ3v) is 2.77. The lowest BCUT2D eigenvalue weighted by molar-refractivity contribution is 0.0731. The molecule has 96 valence electrons. The first kappa shape index (κ1) is 12.2. The summed E-state index contributed by atoms with van der Waals surface area (Å²) in [5.41, 5.74) is 6.55. The van der Waals surface area contributed by atoms with Gasteiger partial charge in [0.25, 0.3) is 5.91 Å². The summed E-state index contributed by atoms with van der Waals surface area (Å²) < 4.78 is 6.73. The smallest absolute Gasteiger partial charge is 0.274 e. The number of anilines is 1. The van der Waals surface area contributed by atoms with Crippen LogP contribution in [0.15, 0.2) is 29.0 Å². The minimum absolute atomic E-state index is 0.147. The first-order chi connectivity index (χ1) is 8.63. The van der Waals surface area contributed by atoms with Gasteiger partial charge < -0.3 is 15.1 Å². The molecule has 1 amide bonds. The zero-order valence-electron chi connectivity index (χ0n) is 10.5. The third-order valence-electron chi connectivity index (χ3n) is 2.77. The lowest BCUT2D eigenvalue weighted by Gasteiger charge is -2.19. The van der Waals surface area contributed by atoms with Crippen molar-refractivity contribution in [2.45, 2.75) is 13.5 Å². The van der Waals surface area contributed by atoms with Crippen LogP contribution in [0.3, 0.4) is 0 Å². The lowest BCUT2D eigenvalue weighted by atomic mass is 10.3. The van der Waals surface area contributed by atoms with Crippen molar-refractivity contribution in [1.29, 1.82) is 0 Å². The van der Waals surface area contributed by atoms with Gasteiger partial charge in [-0.25, -0.2) is 0 Å². The van der Waals surface area contributed by atoms with Gasteiger partial charge in [0.2, 0.25) is 0 Å². The van der Waals surface area contributed by atoms with Crippen molar-refractivity contribution >= 4 is 11.6 Å². The highest BCUT2D eigenvalue weighted by Crippen LogP contribution is 2.15. The number of rotatable bonds is 4. The van der Waals surface area contributed by atoms with Crippen molar-refractivity contribution in [1.82, 2.24) is 14.7 Å². The van der Waals surface area contributed by atoms with Gasteiger partial charge in [0.15, 0.2) is 0 Å². The molecule has 2 aromatic heterocycles. The average molecular weight is 248 g/mol. The molecule has 0 aliphatic heterocycles. The number of aryl methyl sites for hydroxylation is 1. The lowest BCUT2D eigenvalue weighted by Crippen LogP contribution is -2.32. The first-order valence-electron chi connectivity index (χ1n) is 5.72. The van der Waals surface area contributed by atoms with Crippen LogP contribution in [0.4, 0.5) is 5.69 Å². The number of aromatic nitrogens is 2. The molecule has 2 rings (SSSR count). The molecule has 0 fully saturated rings. The van der Waals surface area contributed by atoms with E-state index in [4.69, 9.17) is 10.2 Å². The Kier molecular flexibility index (Phi) is 3.36. The summed E-state index contributed by atoms with van der Waals surface area (Å²) in [7, 11) is 1.70. The molecular formula is C12H16N4O2. The van der Waals surface area contributed by atoms with E-state index in [-0.39, 0.29) is 5.91 Å². The largest absolute Gasteiger partial charge is 0.467 e. The van der Waals surface area contributed by atoms with Crippen molar-refractivity contribution in [3.8, 4) is 0 Å². The van der Waals surface area contributed by atoms with Crippen molar-refractivity contribution in [3.05, 3.63) is 36.0 Å². The van der Waals surface area contributed by atoms with Gasteiger partial charge in [0.05, 0.1) is 24.7 Å². The molecule has 2 aromatic rings. The van der Waals surface area contributed by atoms with E-state index in [1.165, 1.54) is 10.9 Å². The maximum Gasteiger partial charge on any atom is 0.274 e. The summed E-state index contributed by atoms with van der Waals surface area (Å²) in [5.74, 6) is 0.595. The Bertz CT molecular complexity index is 511. The quantitative estimate of drug-likeness (QED) is 0.883. The molecule has 0 aromatic carbocycles. The van der Waals surface area contributed by atoms with Crippen LogP contribution in [-0.4, -0.2) is 27.1 Å². The molecule has 6 heteroatoms. The van der Waals surface area contributed by atoms with Crippen LogP contribution in [0.5, 0.6) is 0 Å². The molecule has 0 atom stereocenters. The van der Waals surface area contributed by atoms with E-state index in [9.17, 15) is 4.79 Å². The molecule has 0 saturated carbocycles. The average Bonchev–Trinajstić information content (AvgIpc) is 2.96. The Morgan fingerprint density at radius 3 is 2.89 bits per heavy atom. The topological polar surface area (TPSA) is 77.3 Å². The second-order valence-corrected chi connectivity index (χ2v) is 3.97. The summed E-state index contributed by atoms with van der Waals surface area (Å²) in [6.07, 6.45) is 3.07. The number of hydrogen-bond donors (Lipinski definition) is 1. The summed E-state index contributed by atoms with van der Waals surface area (Å²) in [6.45, 7) is 2.91. The number of nitrogens with two attached hydrogens (primary N) is 1.